The van der Waals surface area contributed by atoms with Crippen molar-refractivity contribution in [2.24, 2.45) is 0 Å². The predicted molar refractivity (Wildman–Crippen MR) is 156 cm³/mol. The summed E-state index contributed by atoms with van der Waals surface area (Å²) in [4.78, 5) is 9.69. The average molecular weight is 519 g/mol. The highest BCUT2D eigenvalue weighted by Crippen LogP contribution is 2.37. The first-order valence-electron chi connectivity index (χ1n) is 14.8. The summed E-state index contributed by atoms with van der Waals surface area (Å²) >= 11 is 0. The summed E-state index contributed by atoms with van der Waals surface area (Å²) in [5.41, 5.74) is 6.07. The van der Waals surface area contributed by atoms with E-state index in [4.69, 9.17) is 10.1 Å². The van der Waals surface area contributed by atoms with E-state index in [1.165, 1.54) is 41.6 Å². The molecule has 1 aromatic carbocycles. The number of aromatic nitrogens is 3. The maximum atomic E-state index is 10.1. The Hall–Kier alpha value is -2.48. The molecular formula is C31H46N6O. The zero-order valence-corrected chi connectivity index (χ0v) is 23.6. The largest absolute Gasteiger partial charge is 0.393 e. The standard InChI is InChI=1S/C31H46N6O/c1-4-5-6-7-23(2)33-31-32-21-30-28(20-29(37(30)34-31)26-12-14-27(38)15-13-26)25-10-8-24(9-11-25)22-36-18-16-35(3)17-19-36/h8-11,20-21,23,26-27,38H,4-7,12-19,22H2,1-3H3,(H,33,34)/t23-,26-,27+/m0/s1. The van der Waals surface area contributed by atoms with Gasteiger partial charge in [-0.25, -0.2) is 9.50 Å². The fraction of sp³-hybridized carbons (Fsp3) is 0.613. The fourth-order valence-electron chi connectivity index (χ4n) is 6.02. The Bertz CT molecular complexity index is 1160. The van der Waals surface area contributed by atoms with Crippen molar-refractivity contribution in [3.05, 3.63) is 47.8 Å². The number of nitrogens with one attached hydrogen (secondary N) is 1. The highest BCUT2D eigenvalue weighted by Gasteiger charge is 2.26. The maximum Gasteiger partial charge on any atom is 0.241 e. The number of likely N-dealkylation sites (N-methyl/N-ethyl adjacent to an activating group) is 1. The van der Waals surface area contributed by atoms with Gasteiger partial charge in [-0.15, -0.1) is 5.10 Å². The van der Waals surface area contributed by atoms with Crippen LogP contribution in [0.25, 0.3) is 16.6 Å². The summed E-state index contributed by atoms with van der Waals surface area (Å²) in [5, 5.41) is 18.7. The number of rotatable bonds is 10. The molecule has 7 nitrogen and oxygen atoms in total. The minimum Gasteiger partial charge on any atom is -0.393 e. The second kappa shape index (κ2) is 12.6. The predicted octanol–water partition coefficient (Wildman–Crippen LogP) is 5.54. The first-order chi connectivity index (χ1) is 18.5. The molecular weight excluding hydrogens is 472 g/mol. The Labute approximate surface area is 228 Å². The number of unbranched alkanes of at least 4 members (excludes halogenated alkanes) is 2. The van der Waals surface area contributed by atoms with E-state index < -0.39 is 0 Å². The second-order valence-electron chi connectivity index (χ2n) is 11.7. The van der Waals surface area contributed by atoms with Crippen LogP contribution in [0, 0.1) is 0 Å². The molecule has 7 heteroatoms. The van der Waals surface area contributed by atoms with Gasteiger partial charge in [-0.1, -0.05) is 50.5 Å². The van der Waals surface area contributed by atoms with Crippen molar-refractivity contribution >= 4 is 11.5 Å². The third-order valence-electron chi connectivity index (χ3n) is 8.54. The van der Waals surface area contributed by atoms with Crippen molar-refractivity contribution in [1.82, 2.24) is 24.4 Å². The van der Waals surface area contributed by atoms with Crippen molar-refractivity contribution in [1.29, 1.82) is 0 Å². The molecule has 2 aromatic heterocycles. The number of piperazine rings is 1. The fourth-order valence-corrected chi connectivity index (χ4v) is 6.02. The van der Waals surface area contributed by atoms with Crippen LogP contribution in [0.4, 0.5) is 5.95 Å². The van der Waals surface area contributed by atoms with Gasteiger partial charge in [0.1, 0.15) is 0 Å². The van der Waals surface area contributed by atoms with Gasteiger partial charge in [0.2, 0.25) is 5.95 Å². The lowest BCUT2D eigenvalue weighted by Gasteiger charge is -2.32. The lowest BCUT2D eigenvalue weighted by molar-refractivity contribution is 0.121. The second-order valence-corrected chi connectivity index (χ2v) is 11.7. The number of anilines is 1. The normalized spacial score (nSPS) is 22.1. The molecule has 1 aliphatic carbocycles. The van der Waals surface area contributed by atoms with E-state index in [9.17, 15) is 5.11 Å². The van der Waals surface area contributed by atoms with E-state index in [1.54, 1.807) is 0 Å². The van der Waals surface area contributed by atoms with Gasteiger partial charge in [-0.05, 0) is 63.3 Å². The lowest BCUT2D eigenvalue weighted by Crippen LogP contribution is -2.43. The summed E-state index contributed by atoms with van der Waals surface area (Å²) in [6, 6.07) is 11.8. The van der Waals surface area contributed by atoms with E-state index in [0.717, 1.165) is 70.3 Å². The van der Waals surface area contributed by atoms with Crippen LogP contribution >= 0.6 is 0 Å². The van der Waals surface area contributed by atoms with Crippen LogP contribution in [-0.2, 0) is 6.54 Å². The summed E-state index contributed by atoms with van der Waals surface area (Å²) in [7, 11) is 2.20. The first-order valence-corrected chi connectivity index (χ1v) is 14.8. The van der Waals surface area contributed by atoms with Crippen LogP contribution in [0.1, 0.15) is 82.4 Å². The minimum atomic E-state index is -0.166. The zero-order chi connectivity index (χ0) is 26.5. The lowest BCUT2D eigenvalue weighted by atomic mass is 9.85. The SMILES string of the molecule is CCCCC[C@H](C)Nc1ncc2c(-c3ccc(CN4CCN(C)CC4)cc3)cc([C@H]3CC[C@@H](O)CC3)n2n1. The molecule has 206 valence electrons. The first kappa shape index (κ1) is 27.1. The highest BCUT2D eigenvalue weighted by molar-refractivity contribution is 5.81. The molecule has 1 atom stereocenters. The number of aliphatic hydroxyl groups is 1. The van der Waals surface area contributed by atoms with Crippen molar-refractivity contribution in [2.75, 3.05) is 38.5 Å². The van der Waals surface area contributed by atoms with Gasteiger partial charge in [0.05, 0.1) is 17.8 Å². The monoisotopic (exact) mass is 518 g/mol. The molecule has 38 heavy (non-hydrogen) atoms. The molecule has 1 saturated carbocycles. The molecule has 2 N–H and O–H groups in total. The van der Waals surface area contributed by atoms with Crippen LogP contribution in [0.3, 0.4) is 0 Å². The molecule has 2 fully saturated rings. The number of hydrogen-bond acceptors (Lipinski definition) is 6. The van der Waals surface area contributed by atoms with Gasteiger partial charge in [-0.2, -0.15) is 0 Å². The van der Waals surface area contributed by atoms with Gasteiger partial charge in [0.25, 0.3) is 0 Å². The maximum absolute atomic E-state index is 10.1. The molecule has 2 aliphatic rings. The van der Waals surface area contributed by atoms with Gasteiger partial charge >= 0.3 is 0 Å². The van der Waals surface area contributed by atoms with Gasteiger partial charge in [-0.3, -0.25) is 4.90 Å². The molecule has 0 unspecified atom stereocenters. The van der Waals surface area contributed by atoms with Crippen molar-refractivity contribution in [2.45, 2.75) is 89.8 Å². The van der Waals surface area contributed by atoms with E-state index >= 15 is 0 Å². The Morgan fingerprint density at radius 2 is 1.76 bits per heavy atom. The summed E-state index contributed by atoms with van der Waals surface area (Å²) < 4.78 is 2.13. The zero-order valence-electron chi connectivity index (χ0n) is 23.6. The van der Waals surface area contributed by atoms with Crippen molar-refractivity contribution in [3.8, 4) is 11.1 Å². The van der Waals surface area contributed by atoms with Crippen LogP contribution in [-0.4, -0.2) is 74.9 Å². The van der Waals surface area contributed by atoms with Crippen LogP contribution in [0.5, 0.6) is 0 Å². The number of fused-ring (bicyclic) bond motifs is 1. The highest BCUT2D eigenvalue weighted by atomic mass is 16.3. The quantitative estimate of drug-likeness (QED) is 0.343. The van der Waals surface area contributed by atoms with Gasteiger partial charge in [0.15, 0.2) is 0 Å². The smallest absolute Gasteiger partial charge is 0.241 e. The molecule has 0 radical (unpaired) electrons. The minimum absolute atomic E-state index is 0.166. The van der Waals surface area contributed by atoms with Crippen LogP contribution < -0.4 is 5.32 Å². The number of aliphatic hydroxyl groups excluding tert-OH is 1. The molecule has 1 saturated heterocycles. The van der Waals surface area contributed by atoms with Gasteiger partial charge in [0, 0.05) is 55.9 Å². The van der Waals surface area contributed by atoms with E-state index in [2.05, 4.69) is 70.9 Å². The van der Waals surface area contributed by atoms with Crippen LogP contribution in [0.2, 0.25) is 0 Å². The summed E-state index contributed by atoms with van der Waals surface area (Å²) in [6.45, 7) is 10.0. The molecule has 1 aliphatic heterocycles. The van der Waals surface area contributed by atoms with Crippen molar-refractivity contribution < 1.29 is 5.11 Å². The van der Waals surface area contributed by atoms with E-state index in [1.807, 2.05) is 6.20 Å². The average Bonchev–Trinajstić information content (AvgIpc) is 3.30. The van der Waals surface area contributed by atoms with Crippen LogP contribution in [0.15, 0.2) is 36.5 Å². The third kappa shape index (κ3) is 6.56. The number of hydrogen-bond donors (Lipinski definition) is 2. The molecule has 3 heterocycles. The molecule has 0 bridgehead atoms. The van der Waals surface area contributed by atoms with E-state index in [0.29, 0.717) is 17.9 Å². The summed E-state index contributed by atoms with van der Waals surface area (Å²) in [5.74, 6) is 1.10. The Balaban J connectivity index is 1.39. The number of nitrogens with zero attached hydrogens (tertiary/aromatic N) is 5. The molecule has 0 spiro atoms. The topological polar surface area (TPSA) is 68.9 Å². The molecule has 3 aromatic rings. The van der Waals surface area contributed by atoms with Crippen molar-refractivity contribution in [3.63, 3.8) is 0 Å². The summed E-state index contributed by atoms with van der Waals surface area (Å²) in [6.07, 6.45) is 10.4. The van der Waals surface area contributed by atoms with E-state index in [-0.39, 0.29) is 6.10 Å². The molecule has 5 rings (SSSR count). The number of benzene rings is 1. The Kier molecular flexibility index (Phi) is 8.97. The third-order valence-corrected chi connectivity index (χ3v) is 8.54. The Morgan fingerprint density at radius 3 is 2.47 bits per heavy atom. The molecule has 0 amide bonds. The Morgan fingerprint density at radius 1 is 1.03 bits per heavy atom. The van der Waals surface area contributed by atoms with Gasteiger partial charge < -0.3 is 15.3 Å².